The van der Waals surface area contributed by atoms with Gasteiger partial charge in [-0.15, -0.1) is 0 Å². The Morgan fingerprint density at radius 1 is 1.29 bits per heavy atom. The summed E-state index contributed by atoms with van der Waals surface area (Å²) in [5, 5.41) is 13.9. The molecule has 1 spiro atoms. The van der Waals surface area contributed by atoms with Crippen LogP contribution in [0.2, 0.25) is 0 Å². The standard InChI is InChI=1S/C29H39FN6O5S/c1-17-24(34-27(38)41-28(2,3)4)29(16-40-17)6-9-35(10-7-29)25-20(14-37)33-22(12-32-25)42-21-5-8-31-26-23(21)39-15-19-11-18(30)13-36(19)26/h5,8,12,17-19,24,37H,6-7,9-11,13-16H2,1-4H3,(H,34,38). The lowest BCUT2D eigenvalue weighted by atomic mass is 9.73. The van der Waals surface area contributed by atoms with Crippen molar-refractivity contribution in [1.82, 2.24) is 20.3 Å². The van der Waals surface area contributed by atoms with Crippen molar-refractivity contribution < 1.29 is 28.5 Å². The van der Waals surface area contributed by atoms with Gasteiger partial charge in [-0.1, -0.05) is 11.8 Å². The minimum atomic E-state index is -0.880. The van der Waals surface area contributed by atoms with E-state index in [0.29, 0.717) is 67.4 Å². The van der Waals surface area contributed by atoms with Crippen LogP contribution in [0.15, 0.2) is 28.4 Å². The van der Waals surface area contributed by atoms with Gasteiger partial charge in [-0.05, 0) is 46.6 Å². The molecule has 3 saturated heterocycles. The number of fused-ring (bicyclic) bond motifs is 3. The Bertz CT molecular complexity index is 1320. The number of alkyl halides is 1. The van der Waals surface area contributed by atoms with Gasteiger partial charge >= 0.3 is 6.09 Å². The molecule has 2 N–H and O–H groups in total. The van der Waals surface area contributed by atoms with Gasteiger partial charge in [0.2, 0.25) is 0 Å². The SMILES string of the molecule is CC1OCC2(CCN(c3ncc(Sc4ccnc5c4OCC4CC(F)CN54)nc3CO)CC2)C1NC(=O)OC(C)(C)C. The number of hydrogen-bond donors (Lipinski definition) is 2. The molecule has 42 heavy (non-hydrogen) atoms. The van der Waals surface area contributed by atoms with Gasteiger partial charge in [0.1, 0.15) is 29.1 Å². The Labute approximate surface area is 249 Å². The molecule has 2 aromatic heterocycles. The second-order valence-corrected chi connectivity index (χ2v) is 13.7. The quantitative estimate of drug-likeness (QED) is 0.521. The molecule has 0 saturated carbocycles. The van der Waals surface area contributed by atoms with Crippen LogP contribution in [0.3, 0.4) is 0 Å². The maximum Gasteiger partial charge on any atom is 0.407 e. The van der Waals surface area contributed by atoms with Gasteiger partial charge in [0, 0.05) is 31.1 Å². The van der Waals surface area contributed by atoms with Crippen molar-refractivity contribution in [3.05, 3.63) is 24.2 Å². The van der Waals surface area contributed by atoms with E-state index in [9.17, 15) is 14.3 Å². The number of piperidine rings is 1. The Morgan fingerprint density at radius 2 is 2.07 bits per heavy atom. The van der Waals surface area contributed by atoms with Gasteiger partial charge in [0.15, 0.2) is 17.4 Å². The first-order valence-electron chi connectivity index (χ1n) is 14.6. The number of anilines is 2. The normalized spacial score (nSPS) is 26.5. The zero-order valence-corrected chi connectivity index (χ0v) is 25.3. The highest BCUT2D eigenvalue weighted by Gasteiger charge is 2.50. The van der Waals surface area contributed by atoms with Crippen LogP contribution in [0.5, 0.6) is 5.75 Å². The molecular weight excluding hydrogens is 563 g/mol. The van der Waals surface area contributed by atoms with Crippen molar-refractivity contribution in [2.45, 2.75) is 93.4 Å². The molecular formula is C29H39FN6O5S. The number of alkyl carbamates (subject to hydrolysis) is 1. The van der Waals surface area contributed by atoms with Crippen LogP contribution < -0.4 is 19.9 Å². The Hall–Kier alpha value is -2.90. The number of nitrogens with zero attached hydrogens (tertiary/aromatic N) is 5. The second-order valence-electron chi connectivity index (χ2n) is 12.6. The number of carbonyl (C=O) groups excluding carboxylic acids is 1. The molecule has 11 nitrogen and oxygen atoms in total. The number of aromatic nitrogens is 3. The number of carbonyl (C=O) groups is 1. The molecule has 0 bridgehead atoms. The zero-order chi connectivity index (χ0) is 29.6. The topological polar surface area (TPSA) is 122 Å². The number of hydrogen-bond acceptors (Lipinski definition) is 11. The third-order valence-corrected chi connectivity index (χ3v) is 9.51. The second kappa shape index (κ2) is 11.3. The average Bonchev–Trinajstić information content (AvgIpc) is 3.47. The fourth-order valence-corrected chi connectivity index (χ4v) is 7.40. The summed E-state index contributed by atoms with van der Waals surface area (Å²) in [5.41, 5.74) is -0.279. The van der Waals surface area contributed by atoms with Gasteiger partial charge < -0.3 is 34.4 Å². The molecule has 228 valence electrons. The van der Waals surface area contributed by atoms with Crippen molar-refractivity contribution in [2.75, 3.05) is 42.6 Å². The number of halogens is 1. The summed E-state index contributed by atoms with van der Waals surface area (Å²) in [6.45, 7) is 9.98. The molecule has 13 heteroatoms. The molecule has 0 aliphatic carbocycles. The minimum Gasteiger partial charge on any atom is -0.486 e. The highest BCUT2D eigenvalue weighted by molar-refractivity contribution is 7.99. The molecule has 4 unspecified atom stereocenters. The first-order chi connectivity index (χ1) is 20.0. The van der Waals surface area contributed by atoms with E-state index in [2.05, 4.69) is 15.2 Å². The van der Waals surface area contributed by atoms with E-state index in [1.165, 1.54) is 11.8 Å². The molecule has 6 heterocycles. The summed E-state index contributed by atoms with van der Waals surface area (Å²) in [7, 11) is 0. The van der Waals surface area contributed by atoms with E-state index in [1.54, 1.807) is 12.4 Å². The van der Waals surface area contributed by atoms with Crippen LogP contribution >= 0.6 is 11.8 Å². The molecule has 2 aromatic rings. The van der Waals surface area contributed by atoms with Crippen molar-refractivity contribution in [3.63, 3.8) is 0 Å². The van der Waals surface area contributed by atoms with E-state index in [4.69, 9.17) is 24.2 Å². The van der Waals surface area contributed by atoms with Gasteiger partial charge in [0.05, 0.1) is 49.0 Å². The predicted octanol–water partition coefficient (Wildman–Crippen LogP) is 3.72. The van der Waals surface area contributed by atoms with E-state index in [1.807, 2.05) is 38.7 Å². The Morgan fingerprint density at radius 3 is 2.81 bits per heavy atom. The summed E-state index contributed by atoms with van der Waals surface area (Å²) in [4.78, 5) is 31.5. The lowest BCUT2D eigenvalue weighted by Gasteiger charge is -2.43. The number of aliphatic hydroxyl groups excluding tert-OH is 1. The van der Waals surface area contributed by atoms with E-state index < -0.39 is 17.9 Å². The molecule has 4 atom stereocenters. The van der Waals surface area contributed by atoms with Gasteiger partial charge in [-0.3, -0.25) is 0 Å². The summed E-state index contributed by atoms with van der Waals surface area (Å²) < 4.78 is 31.6. The fraction of sp³-hybridized carbons (Fsp3) is 0.655. The first kappa shape index (κ1) is 29.2. The highest BCUT2D eigenvalue weighted by atomic mass is 32.2. The number of ether oxygens (including phenoxy) is 3. The maximum absolute atomic E-state index is 14.1. The first-order valence-corrected chi connectivity index (χ1v) is 15.4. The molecule has 0 aromatic carbocycles. The van der Waals surface area contributed by atoms with Crippen molar-refractivity contribution >= 4 is 29.5 Å². The van der Waals surface area contributed by atoms with Crippen LogP contribution in [-0.2, 0) is 16.1 Å². The monoisotopic (exact) mass is 602 g/mol. The average molecular weight is 603 g/mol. The Balaban J connectivity index is 1.14. The van der Waals surface area contributed by atoms with Crippen LogP contribution in [0, 0.1) is 5.41 Å². The maximum atomic E-state index is 14.1. The van der Waals surface area contributed by atoms with Gasteiger partial charge in [-0.25, -0.2) is 24.1 Å². The zero-order valence-electron chi connectivity index (χ0n) is 24.5. The molecule has 3 fully saturated rings. The summed E-state index contributed by atoms with van der Waals surface area (Å²) in [6.07, 6.45) is 4.02. The molecule has 4 aliphatic rings. The lowest BCUT2D eigenvalue weighted by Crippen LogP contribution is -2.55. The lowest BCUT2D eigenvalue weighted by molar-refractivity contribution is 0.0434. The highest BCUT2D eigenvalue weighted by Crippen LogP contribution is 2.45. The number of rotatable bonds is 5. The number of nitrogens with one attached hydrogen (secondary N) is 1. The van der Waals surface area contributed by atoms with Crippen molar-refractivity contribution in [3.8, 4) is 5.75 Å². The third-order valence-electron chi connectivity index (χ3n) is 8.56. The van der Waals surface area contributed by atoms with E-state index >= 15 is 0 Å². The molecule has 1 amide bonds. The Kier molecular flexibility index (Phi) is 7.86. The number of aliphatic hydroxyl groups is 1. The molecule has 4 aliphatic heterocycles. The van der Waals surface area contributed by atoms with Crippen LogP contribution in [0.4, 0.5) is 20.8 Å². The number of pyridine rings is 1. The summed E-state index contributed by atoms with van der Waals surface area (Å²) >= 11 is 1.39. The largest absolute Gasteiger partial charge is 0.486 e. The third kappa shape index (κ3) is 5.70. The number of amides is 1. The van der Waals surface area contributed by atoms with Gasteiger partial charge in [-0.2, -0.15) is 0 Å². The fourth-order valence-electron chi connectivity index (χ4n) is 6.54. The summed E-state index contributed by atoms with van der Waals surface area (Å²) in [6, 6.07) is 1.71. The van der Waals surface area contributed by atoms with Crippen molar-refractivity contribution in [2.24, 2.45) is 5.41 Å². The molecule has 0 radical (unpaired) electrons. The molecule has 6 rings (SSSR count). The van der Waals surface area contributed by atoms with Crippen LogP contribution in [0.1, 0.15) is 52.7 Å². The smallest absolute Gasteiger partial charge is 0.407 e. The summed E-state index contributed by atoms with van der Waals surface area (Å²) in [5.74, 6) is 1.95. The minimum absolute atomic E-state index is 0.00590. The predicted molar refractivity (Wildman–Crippen MR) is 155 cm³/mol. The van der Waals surface area contributed by atoms with Crippen molar-refractivity contribution in [1.29, 1.82) is 0 Å². The van der Waals surface area contributed by atoms with E-state index in [-0.39, 0.29) is 30.2 Å². The van der Waals surface area contributed by atoms with Crippen LogP contribution in [0.25, 0.3) is 0 Å². The van der Waals surface area contributed by atoms with Crippen LogP contribution in [-0.4, -0.2) is 89.0 Å². The van der Waals surface area contributed by atoms with Gasteiger partial charge in [0.25, 0.3) is 0 Å². The van der Waals surface area contributed by atoms with E-state index in [0.717, 1.165) is 17.7 Å².